The van der Waals surface area contributed by atoms with Crippen molar-refractivity contribution in [2.45, 2.75) is 69.0 Å². The summed E-state index contributed by atoms with van der Waals surface area (Å²) in [6, 6.07) is -9.37. The highest BCUT2D eigenvalue weighted by atomic mass is 16.4. The van der Waals surface area contributed by atoms with Crippen LogP contribution in [0.25, 0.3) is 0 Å². The highest BCUT2D eigenvalue weighted by Crippen LogP contribution is 1.99. The number of carbonyl (C=O) groups excluding carboxylic acids is 6. The van der Waals surface area contributed by atoms with Gasteiger partial charge in [-0.15, -0.1) is 0 Å². The quantitative estimate of drug-likeness (QED) is 0.0718. The molecule has 40 heavy (non-hydrogen) atoms. The largest absolute Gasteiger partial charge is 0.480 e. The molecule has 0 fully saturated rings. The van der Waals surface area contributed by atoms with Gasteiger partial charge in [0.2, 0.25) is 35.4 Å². The van der Waals surface area contributed by atoms with Gasteiger partial charge in [-0.25, -0.2) is 4.79 Å². The van der Waals surface area contributed by atoms with Gasteiger partial charge in [-0.2, -0.15) is 0 Å². The molecule has 0 bridgehead atoms. The number of hydrogen-bond donors (Lipinski definition) is 12. The third-order valence-corrected chi connectivity index (χ3v) is 5.28. The van der Waals surface area contributed by atoms with E-state index in [0.717, 1.165) is 6.92 Å². The van der Waals surface area contributed by atoms with Gasteiger partial charge in [-0.05, 0) is 20.3 Å². The van der Waals surface area contributed by atoms with Crippen molar-refractivity contribution in [3.63, 3.8) is 0 Å². The lowest BCUT2D eigenvalue weighted by molar-refractivity contribution is -0.143. The Bertz CT molecular complexity index is 932. The second-order valence-electron chi connectivity index (χ2n) is 8.64. The second kappa shape index (κ2) is 17.6. The summed E-state index contributed by atoms with van der Waals surface area (Å²) in [5.41, 5.74) is 10.6. The van der Waals surface area contributed by atoms with Crippen molar-refractivity contribution < 1.29 is 59.1 Å². The summed E-state index contributed by atoms with van der Waals surface area (Å²) < 4.78 is 0. The molecule has 0 heterocycles. The predicted octanol–water partition coefficient (Wildman–Crippen LogP) is -7.53. The molecule has 0 saturated heterocycles. The Morgan fingerprint density at radius 2 is 1.12 bits per heavy atom. The number of carbonyl (C=O) groups is 7. The van der Waals surface area contributed by atoms with Crippen LogP contribution in [-0.2, 0) is 33.6 Å². The van der Waals surface area contributed by atoms with E-state index >= 15 is 0 Å². The van der Waals surface area contributed by atoms with Crippen molar-refractivity contribution in [1.29, 1.82) is 0 Å². The summed E-state index contributed by atoms with van der Waals surface area (Å²) in [5, 5.41) is 57.2. The first kappa shape index (κ1) is 36.1. The number of nitrogens with one attached hydrogen (secondary N) is 5. The molecule has 0 aromatic rings. The number of hydrogen-bond acceptors (Lipinski definition) is 12. The van der Waals surface area contributed by atoms with Crippen molar-refractivity contribution in [2.24, 2.45) is 11.5 Å². The van der Waals surface area contributed by atoms with Crippen LogP contribution >= 0.6 is 0 Å². The molecule has 19 nitrogen and oxygen atoms in total. The summed E-state index contributed by atoms with van der Waals surface area (Å²) in [4.78, 5) is 83.7. The van der Waals surface area contributed by atoms with Gasteiger partial charge < -0.3 is 63.6 Å². The highest BCUT2D eigenvalue weighted by Gasteiger charge is 2.33. The molecule has 6 amide bonds. The van der Waals surface area contributed by atoms with E-state index in [1.807, 2.05) is 10.6 Å². The molecule has 14 N–H and O–H groups in total. The lowest BCUT2D eigenvalue weighted by atomic mass is 10.1. The van der Waals surface area contributed by atoms with Gasteiger partial charge in [0, 0.05) is 6.42 Å². The molecule has 0 aliphatic rings. The fourth-order valence-electron chi connectivity index (χ4n) is 2.88. The summed E-state index contributed by atoms with van der Waals surface area (Å²) in [6.45, 7) is -0.683. The van der Waals surface area contributed by atoms with Crippen molar-refractivity contribution >= 4 is 41.4 Å². The van der Waals surface area contributed by atoms with Gasteiger partial charge in [0.05, 0.1) is 32.0 Å². The van der Waals surface area contributed by atoms with Gasteiger partial charge >= 0.3 is 5.97 Å². The molecule has 0 aromatic carbocycles. The van der Waals surface area contributed by atoms with E-state index in [1.54, 1.807) is 0 Å². The molecular formula is C21H37N7O12. The van der Waals surface area contributed by atoms with E-state index in [1.165, 1.54) is 6.92 Å². The Hall–Kier alpha value is -3.91. The van der Waals surface area contributed by atoms with Crippen LogP contribution in [0.5, 0.6) is 0 Å². The van der Waals surface area contributed by atoms with Crippen LogP contribution < -0.4 is 38.1 Å². The maximum absolute atomic E-state index is 12.6. The SMILES string of the molecule is C[C@H](NC(=O)[C@@H](N)CCC(N)=O)C(=O)N[C@@H](CO)C(=O)N[C@H](C(=O)N[C@@H](CO)C(=O)N[C@@H](CO)C(=O)O)[C@@H](C)O. The minimum absolute atomic E-state index is 0.0830. The Labute approximate surface area is 228 Å². The number of aliphatic carboxylic acids is 1. The number of aliphatic hydroxyl groups is 4. The lowest BCUT2D eigenvalue weighted by Gasteiger charge is -2.26. The topological polar surface area (TPSA) is 333 Å². The molecule has 0 spiro atoms. The fraction of sp³-hybridized carbons (Fsp3) is 0.667. The molecule has 0 saturated carbocycles. The van der Waals surface area contributed by atoms with E-state index < -0.39 is 104 Å². The monoisotopic (exact) mass is 579 g/mol. The summed E-state index contributed by atoms with van der Waals surface area (Å²) in [5.74, 6) is -7.58. The van der Waals surface area contributed by atoms with Crippen LogP contribution in [0.2, 0.25) is 0 Å². The Morgan fingerprint density at radius 1 is 0.675 bits per heavy atom. The molecule has 19 heteroatoms. The standard InChI is InChI=1S/C21H37N7O12/c1-8(24-17(35)10(22)3-4-14(23)33)16(34)25-12(6-30)19(37)28-15(9(2)32)20(38)26-11(5-29)18(36)27-13(7-31)21(39)40/h8-13,15,29-32H,3-7,22H2,1-2H3,(H2,23,33)(H,24,35)(H,25,34)(H,26,38)(H,27,36)(H,28,37)(H,39,40)/t8-,9+,10-,11-,12-,13-,15-/m0/s1. The molecule has 0 aromatic heterocycles. The predicted molar refractivity (Wildman–Crippen MR) is 132 cm³/mol. The van der Waals surface area contributed by atoms with Gasteiger partial charge in [-0.1, -0.05) is 0 Å². The molecule has 0 aliphatic heterocycles. The Balaban J connectivity index is 5.27. The highest BCUT2D eigenvalue weighted by molar-refractivity contribution is 5.96. The van der Waals surface area contributed by atoms with Gasteiger partial charge in [0.15, 0.2) is 0 Å². The van der Waals surface area contributed by atoms with Crippen LogP contribution in [0.15, 0.2) is 0 Å². The number of primary amides is 1. The van der Waals surface area contributed by atoms with Gasteiger partial charge in [-0.3, -0.25) is 28.8 Å². The zero-order valence-electron chi connectivity index (χ0n) is 21.8. The van der Waals surface area contributed by atoms with E-state index in [2.05, 4.69) is 16.0 Å². The first-order valence-electron chi connectivity index (χ1n) is 11.9. The third-order valence-electron chi connectivity index (χ3n) is 5.28. The summed E-state index contributed by atoms with van der Waals surface area (Å²) in [6.07, 6.45) is -1.86. The minimum atomic E-state index is -1.78. The smallest absolute Gasteiger partial charge is 0.328 e. The molecular weight excluding hydrogens is 542 g/mol. The normalized spacial score (nSPS) is 16.1. The fourth-order valence-corrected chi connectivity index (χ4v) is 2.88. The molecule has 0 radical (unpaired) electrons. The number of nitrogens with two attached hydrogens (primary N) is 2. The number of rotatable bonds is 18. The van der Waals surface area contributed by atoms with Crippen LogP contribution in [0.1, 0.15) is 26.7 Å². The minimum Gasteiger partial charge on any atom is -0.480 e. The lowest BCUT2D eigenvalue weighted by Crippen LogP contribution is -2.62. The molecule has 7 atom stereocenters. The van der Waals surface area contributed by atoms with Crippen molar-refractivity contribution in [1.82, 2.24) is 26.6 Å². The molecule has 0 aliphatic carbocycles. The van der Waals surface area contributed by atoms with E-state index in [9.17, 15) is 48.9 Å². The average molecular weight is 580 g/mol. The number of carboxylic acids is 1. The molecule has 0 unspecified atom stereocenters. The van der Waals surface area contributed by atoms with E-state index in [0.29, 0.717) is 0 Å². The molecule has 228 valence electrons. The van der Waals surface area contributed by atoms with Crippen LogP contribution in [0.3, 0.4) is 0 Å². The van der Waals surface area contributed by atoms with Crippen LogP contribution in [-0.4, -0.2) is 129 Å². The van der Waals surface area contributed by atoms with Gasteiger partial charge in [0.25, 0.3) is 0 Å². The van der Waals surface area contributed by atoms with Crippen molar-refractivity contribution in [2.75, 3.05) is 19.8 Å². The summed E-state index contributed by atoms with van der Waals surface area (Å²) >= 11 is 0. The number of carboxylic acid groups (broad SMARTS) is 1. The van der Waals surface area contributed by atoms with E-state index in [-0.39, 0.29) is 12.8 Å². The number of aliphatic hydroxyl groups excluding tert-OH is 4. The molecule has 0 rings (SSSR count). The zero-order valence-corrected chi connectivity index (χ0v) is 21.8. The average Bonchev–Trinajstić information content (AvgIpc) is 2.89. The second-order valence-corrected chi connectivity index (χ2v) is 8.64. The van der Waals surface area contributed by atoms with Crippen LogP contribution in [0.4, 0.5) is 0 Å². The third kappa shape index (κ3) is 12.3. The van der Waals surface area contributed by atoms with Crippen molar-refractivity contribution in [3.05, 3.63) is 0 Å². The van der Waals surface area contributed by atoms with Gasteiger partial charge in [0.1, 0.15) is 30.2 Å². The first-order valence-corrected chi connectivity index (χ1v) is 11.9. The maximum Gasteiger partial charge on any atom is 0.328 e. The zero-order chi connectivity index (χ0) is 31.2. The first-order chi connectivity index (χ1) is 18.6. The Morgan fingerprint density at radius 3 is 1.55 bits per heavy atom. The van der Waals surface area contributed by atoms with Crippen molar-refractivity contribution in [3.8, 4) is 0 Å². The summed E-state index contributed by atoms with van der Waals surface area (Å²) in [7, 11) is 0. The van der Waals surface area contributed by atoms with Crippen LogP contribution in [0, 0.1) is 0 Å². The number of amides is 6. The van der Waals surface area contributed by atoms with E-state index in [4.69, 9.17) is 21.7 Å². The Kier molecular flexibility index (Phi) is 15.9. The maximum atomic E-state index is 12.6.